The van der Waals surface area contributed by atoms with Gasteiger partial charge in [0.05, 0.1) is 13.8 Å². The number of benzene rings is 1. The van der Waals surface area contributed by atoms with Gasteiger partial charge in [0.25, 0.3) is 0 Å². The van der Waals surface area contributed by atoms with Gasteiger partial charge in [-0.3, -0.25) is 0 Å². The van der Waals surface area contributed by atoms with Crippen molar-refractivity contribution in [1.82, 2.24) is 0 Å². The largest absolute Gasteiger partial charge is 0.446 e. The van der Waals surface area contributed by atoms with Crippen LogP contribution in [0, 0.1) is 11.6 Å². The summed E-state index contributed by atoms with van der Waals surface area (Å²) in [5, 5.41) is 0. The third kappa shape index (κ3) is 3.32. The van der Waals surface area contributed by atoms with Gasteiger partial charge in [-0.15, -0.1) is 0 Å². The van der Waals surface area contributed by atoms with Crippen molar-refractivity contribution >= 4 is 43.6 Å². The number of halogens is 7. The van der Waals surface area contributed by atoms with E-state index in [1.165, 1.54) is 0 Å². The Kier molecular flexibility index (Phi) is 4.05. The average molecular weight is 372 g/mol. The molecule has 0 unspecified atom stereocenters. The first kappa shape index (κ1) is 13.2. The molecule has 0 atom stereocenters. The van der Waals surface area contributed by atoms with E-state index in [0.29, 0.717) is 6.07 Å². The Morgan fingerprint density at radius 3 is 2.13 bits per heavy atom. The molecule has 1 aromatic rings. The van der Waals surface area contributed by atoms with Crippen LogP contribution in [0.15, 0.2) is 19.9 Å². The van der Waals surface area contributed by atoms with Gasteiger partial charge in [-0.05, 0) is 49.7 Å². The molecule has 1 rings (SSSR count). The lowest BCUT2D eigenvalue weighted by Crippen LogP contribution is -2.02. The van der Waals surface area contributed by atoms with Crippen molar-refractivity contribution in [3.05, 3.63) is 26.6 Å². The quantitative estimate of drug-likeness (QED) is 0.286. The summed E-state index contributed by atoms with van der Waals surface area (Å²) in [4.78, 5) is -0.816. The molecule has 0 saturated heterocycles. The van der Waals surface area contributed by atoms with E-state index in [0.717, 1.165) is 0 Å². The highest BCUT2D eigenvalue weighted by Gasteiger charge is 2.33. The molecule has 0 bridgehead atoms. The molecular weight excluding hydrogens is 371 g/mol. The van der Waals surface area contributed by atoms with Crippen molar-refractivity contribution in [3.8, 4) is 0 Å². The Hall–Kier alpha value is 0.180. The van der Waals surface area contributed by atoms with Gasteiger partial charge in [0.2, 0.25) is 0 Å². The molecule has 0 aliphatic heterocycles. The SMILES string of the molecule is Fc1cc(Br)c(F)c(Br)c1SC(F)(F)F. The molecular formula is C7HBr2F5S. The zero-order valence-corrected chi connectivity index (χ0v) is 10.6. The predicted molar refractivity (Wildman–Crippen MR) is 53.7 cm³/mol. The van der Waals surface area contributed by atoms with Crippen LogP contribution in [0.1, 0.15) is 0 Å². The number of rotatable bonds is 1. The van der Waals surface area contributed by atoms with Crippen LogP contribution < -0.4 is 0 Å². The summed E-state index contributed by atoms with van der Waals surface area (Å²) < 4.78 is 61.3. The summed E-state index contributed by atoms with van der Waals surface area (Å²) in [7, 11) is 0. The van der Waals surface area contributed by atoms with E-state index in [9.17, 15) is 22.0 Å². The van der Waals surface area contributed by atoms with Crippen LogP contribution in [-0.2, 0) is 0 Å². The van der Waals surface area contributed by atoms with E-state index in [1.54, 1.807) is 0 Å². The van der Waals surface area contributed by atoms with E-state index < -0.39 is 38.3 Å². The van der Waals surface area contributed by atoms with E-state index in [-0.39, 0.29) is 4.47 Å². The van der Waals surface area contributed by atoms with Gasteiger partial charge in [-0.25, -0.2) is 8.78 Å². The standard InChI is InChI=1S/C7HBr2F5S/c8-2-1-3(10)6(4(9)5(2)11)15-7(12,13)14/h1H. The maximum atomic E-state index is 13.1. The molecule has 0 aliphatic rings. The molecule has 15 heavy (non-hydrogen) atoms. The van der Waals surface area contributed by atoms with Crippen LogP contribution >= 0.6 is 43.6 Å². The highest BCUT2D eigenvalue weighted by molar-refractivity contribution is 9.11. The van der Waals surface area contributed by atoms with Crippen molar-refractivity contribution < 1.29 is 22.0 Å². The first-order valence-corrected chi connectivity index (χ1v) is 5.71. The Labute approximate surface area is 102 Å². The second-order valence-electron chi connectivity index (χ2n) is 2.35. The lowest BCUT2D eigenvalue weighted by molar-refractivity contribution is -0.0329. The third-order valence-corrected chi connectivity index (χ3v) is 3.71. The Bertz CT molecular complexity index is 390. The van der Waals surface area contributed by atoms with Crippen LogP contribution in [-0.4, -0.2) is 5.51 Å². The summed E-state index contributed by atoms with van der Waals surface area (Å²) in [6, 6.07) is 0.647. The summed E-state index contributed by atoms with van der Waals surface area (Å²) >= 11 is 4.54. The fourth-order valence-corrected chi connectivity index (χ4v) is 2.64. The second kappa shape index (κ2) is 4.58. The summed E-state index contributed by atoms with van der Waals surface area (Å²) in [6.45, 7) is 0. The molecule has 0 aliphatic carbocycles. The topological polar surface area (TPSA) is 0 Å². The number of alkyl halides is 3. The third-order valence-electron chi connectivity index (χ3n) is 1.29. The minimum absolute atomic E-state index is 0.238. The lowest BCUT2D eigenvalue weighted by atomic mass is 10.3. The first-order valence-electron chi connectivity index (χ1n) is 3.31. The monoisotopic (exact) mass is 370 g/mol. The first-order chi connectivity index (χ1) is 6.72. The van der Waals surface area contributed by atoms with Gasteiger partial charge in [-0.2, -0.15) is 13.2 Å². The molecule has 0 aromatic heterocycles. The maximum absolute atomic E-state index is 13.1. The highest BCUT2D eigenvalue weighted by Crippen LogP contribution is 2.43. The van der Waals surface area contributed by atoms with Crippen molar-refractivity contribution in [2.45, 2.75) is 10.4 Å². The zero-order valence-electron chi connectivity index (χ0n) is 6.63. The molecule has 0 fully saturated rings. The van der Waals surface area contributed by atoms with Gasteiger partial charge in [0.1, 0.15) is 5.82 Å². The zero-order chi connectivity index (χ0) is 11.8. The minimum Gasteiger partial charge on any atom is -0.206 e. The van der Waals surface area contributed by atoms with Crippen molar-refractivity contribution in [3.63, 3.8) is 0 Å². The molecule has 8 heteroatoms. The maximum Gasteiger partial charge on any atom is 0.446 e. The summed E-state index contributed by atoms with van der Waals surface area (Å²) in [5.41, 5.74) is -4.66. The van der Waals surface area contributed by atoms with Crippen LogP contribution in [0.4, 0.5) is 22.0 Å². The van der Waals surface area contributed by atoms with Gasteiger partial charge < -0.3 is 0 Å². The van der Waals surface area contributed by atoms with Crippen LogP contribution in [0.25, 0.3) is 0 Å². The molecule has 0 nitrogen and oxygen atoms in total. The predicted octanol–water partition coefficient (Wildman–Crippen LogP) is 5.10. The van der Waals surface area contributed by atoms with Gasteiger partial charge in [0.15, 0.2) is 5.82 Å². The van der Waals surface area contributed by atoms with Crippen molar-refractivity contribution in [2.24, 2.45) is 0 Å². The smallest absolute Gasteiger partial charge is 0.206 e. The molecule has 0 heterocycles. The Morgan fingerprint density at radius 1 is 1.13 bits per heavy atom. The normalized spacial score (nSPS) is 11.9. The van der Waals surface area contributed by atoms with Gasteiger partial charge in [-0.1, -0.05) is 0 Å². The van der Waals surface area contributed by atoms with Crippen LogP contribution in [0.5, 0.6) is 0 Å². The summed E-state index contributed by atoms with van der Waals surface area (Å²) in [5.74, 6) is -2.11. The van der Waals surface area contributed by atoms with Gasteiger partial charge in [0, 0.05) is 0 Å². The highest BCUT2D eigenvalue weighted by atomic mass is 79.9. The van der Waals surface area contributed by atoms with Crippen molar-refractivity contribution in [1.29, 1.82) is 0 Å². The van der Waals surface area contributed by atoms with Crippen LogP contribution in [0.2, 0.25) is 0 Å². The molecule has 0 radical (unpaired) electrons. The molecule has 0 amide bonds. The van der Waals surface area contributed by atoms with Gasteiger partial charge >= 0.3 is 5.51 Å². The fourth-order valence-electron chi connectivity index (χ4n) is 0.759. The average Bonchev–Trinajstić information content (AvgIpc) is 2.07. The Balaban J connectivity index is 3.24. The number of thioether (sulfide) groups is 1. The van der Waals surface area contributed by atoms with E-state index >= 15 is 0 Å². The molecule has 84 valence electrons. The van der Waals surface area contributed by atoms with Crippen molar-refractivity contribution in [2.75, 3.05) is 0 Å². The molecule has 0 spiro atoms. The second-order valence-corrected chi connectivity index (χ2v) is 5.07. The summed E-state index contributed by atoms with van der Waals surface area (Å²) in [6.07, 6.45) is 0. The molecule has 0 saturated carbocycles. The lowest BCUT2D eigenvalue weighted by Gasteiger charge is -2.10. The Morgan fingerprint density at radius 2 is 1.67 bits per heavy atom. The van der Waals surface area contributed by atoms with E-state index in [4.69, 9.17) is 0 Å². The minimum atomic E-state index is -4.66. The number of hydrogen-bond donors (Lipinski definition) is 0. The number of hydrogen-bond acceptors (Lipinski definition) is 1. The van der Waals surface area contributed by atoms with Crippen LogP contribution in [0.3, 0.4) is 0 Å². The molecule has 1 aromatic carbocycles. The van der Waals surface area contributed by atoms with E-state index in [2.05, 4.69) is 31.9 Å². The fraction of sp³-hybridized carbons (Fsp3) is 0.143. The van der Waals surface area contributed by atoms with E-state index in [1.807, 2.05) is 0 Å². The molecule has 0 N–H and O–H groups in total.